The third-order valence-corrected chi connectivity index (χ3v) is 13.3. The molecular weight excluding hydrogens is 633 g/mol. The highest BCUT2D eigenvalue weighted by Gasteiger charge is 2.36. The van der Waals surface area contributed by atoms with Crippen LogP contribution in [0.1, 0.15) is 25.0 Å². The van der Waals surface area contributed by atoms with Crippen molar-refractivity contribution < 1.29 is 0 Å². The van der Waals surface area contributed by atoms with E-state index in [1.165, 1.54) is 96.8 Å². The quantitative estimate of drug-likeness (QED) is 0.182. The lowest BCUT2D eigenvalue weighted by Gasteiger charge is -2.21. The fourth-order valence-corrected chi connectivity index (χ4v) is 10.7. The second kappa shape index (κ2) is 9.94. The molecule has 0 fully saturated rings. The number of hydrogen-bond acceptors (Lipinski definition) is 2. The van der Waals surface area contributed by atoms with Crippen LogP contribution in [0.4, 0.5) is 0 Å². The summed E-state index contributed by atoms with van der Waals surface area (Å²) in [5.74, 6) is 0. The first kappa shape index (κ1) is 27.8. The Hall–Kier alpha value is -5.16. The van der Waals surface area contributed by atoms with Crippen molar-refractivity contribution in [1.29, 1.82) is 0 Å². The van der Waals surface area contributed by atoms with E-state index < -0.39 is 0 Å². The lowest BCUT2D eigenvalue weighted by atomic mass is 9.82. The molecule has 9 aromatic rings. The number of para-hydroxylation sites is 2. The maximum atomic E-state index is 2.53. The highest BCUT2D eigenvalue weighted by Crippen LogP contribution is 2.53. The molecule has 2 aliphatic rings. The Balaban J connectivity index is 1.23. The summed E-state index contributed by atoms with van der Waals surface area (Å²) in [6.45, 7) is 4.76. The van der Waals surface area contributed by atoms with E-state index in [0.29, 0.717) is 0 Å². The van der Waals surface area contributed by atoms with Gasteiger partial charge in [-0.2, -0.15) is 0 Å². The molecule has 49 heavy (non-hydrogen) atoms. The fraction of sp³-hybridized carbons (Fsp3) is 0.0667. The molecule has 0 bridgehead atoms. The molecule has 0 spiro atoms. The van der Waals surface area contributed by atoms with Crippen LogP contribution < -0.4 is 0 Å². The van der Waals surface area contributed by atoms with Crippen molar-refractivity contribution in [2.75, 3.05) is 0 Å². The SMILES string of the molecule is CC1(C)c2ccccc2-c2cc3c4cc5c(cc4n(-c4ccc6c(c4)c4ccccc4n6-c4ccccc4)c3cc21)Sc1ccccc1S5. The zero-order chi connectivity index (χ0) is 32.4. The zero-order valence-electron chi connectivity index (χ0n) is 27.1. The van der Waals surface area contributed by atoms with Crippen LogP contribution in [0.15, 0.2) is 165 Å². The largest absolute Gasteiger partial charge is 0.309 e. The number of hydrogen-bond donors (Lipinski definition) is 0. The van der Waals surface area contributed by atoms with Gasteiger partial charge in [-0.05, 0) is 95.1 Å². The lowest BCUT2D eigenvalue weighted by Crippen LogP contribution is -2.14. The molecule has 7 aromatic carbocycles. The first-order chi connectivity index (χ1) is 24.0. The Bertz CT molecular complexity index is 2860. The van der Waals surface area contributed by atoms with Crippen molar-refractivity contribution in [3.63, 3.8) is 0 Å². The van der Waals surface area contributed by atoms with Gasteiger partial charge >= 0.3 is 0 Å². The molecular formula is C45H30N2S2. The third kappa shape index (κ3) is 3.82. The number of nitrogens with zero attached hydrogens (tertiary/aromatic N) is 2. The average molecular weight is 663 g/mol. The number of fused-ring (bicyclic) bond motifs is 11. The Labute approximate surface area is 293 Å². The molecule has 2 aromatic heterocycles. The normalized spacial score (nSPS) is 14.3. The summed E-state index contributed by atoms with van der Waals surface area (Å²) in [5.41, 5.74) is 12.8. The minimum Gasteiger partial charge on any atom is -0.309 e. The average Bonchev–Trinajstić information content (AvgIpc) is 3.71. The lowest BCUT2D eigenvalue weighted by molar-refractivity contribution is 0.661. The fourth-order valence-electron chi connectivity index (χ4n) is 8.47. The third-order valence-electron chi connectivity index (χ3n) is 10.8. The van der Waals surface area contributed by atoms with Crippen LogP contribution >= 0.6 is 23.5 Å². The van der Waals surface area contributed by atoms with Crippen molar-refractivity contribution in [2.24, 2.45) is 0 Å². The molecule has 0 amide bonds. The maximum absolute atomic E-state index is 2.53. The van der Waals surface area contributed by atoms with Gasteiger partial charge in [-0.25, -0.2) is 0 Å². The molecule has 2 nitrogen and oxygen atoms in total. The van der Waals surface area contributed by atoms with E-state index in [-0.39, 0.29) is 5.41 Å². The summed E-state index contributed by atoms with van der Waals surface area (Å²) in [4.78, 5) is 5.31. The molecule has 11 rings (SSSR count). The molecule has 0 radical (unpaired) electrons. The van der Waals surface area contributed by atoms with Crippen LogP contribution in [0, 0.1) is 0 Å². The van der Waals surface area contributed by atoms with Crippen molar-refractivity contribution in [3.8, 4) is 22.5 Å². The summed E-state index contributed by atoms with van der Waals surface area (Å²) < 4.78 is 4.93. The van der Waals surface area contributed by atoms with Gasteiger partial charge < -0.3 is 9.13 Å². The van der Waals surface area contributed by atoms with Gasteiger partial charge in [-0.3, -0.25) is 0 Å². The van der Waals surface area contributed by atoms with Gasteiger partial charge in [0.25, 0.3) is 0 Å². The van der Waals surface area contributed by atoms with Crippen LogP contribution in [0.5, 0.6) is 0 Å². The minimum absolute atomic E-state index is 0.0823. The highest BCUT2D eigenvalue weighted by atomic mass is 32.2. The summed E-state index contributed by atoms with van der Waals surface area (Å²) in [5, 5.41) is 5.14. The second-order valence-corrected chi connectivity index (χ2v) is 15.9. The van der Waals surface area contributed by atoms with Crippen LogP contribution in [0.2, 0.25) is 0 Å². The van der Waals surface area contributed by atoms with Crippen molar-refractivity contribution >= 4 is 67.1 Å². The smallest absolute Gasteiger partial charge is 0.0553 e. The predicted molar refractivity (Wildman–Crippen MR) is 207 cm³/mol. The first-order valence-corrected chi connectivity index (χ1v) is 18.5. The minimum atomic E-state index is -0.0823. The van der Waals surface area contributed by atoms with E-state index in [9.17, 15) is 0 Å². The molecule has 0 saturated heterocycles. The van der Waals surface area contributed by atoms with E-state index in [2.05, 4.69) is 169 Å². The molecule has 1 aliphatic heterocycles. The van der Waals surface area contributed by atoms with Crippen LogP contribution in [-0.2, 0) is 5.41 Å². The second-order valence-electron chi connectivity index (χ2n) is 13.8. The van der Waals surface area contributed by atoms with Crippen LogP contribution in [0.3, 0.4) is 0 Å². The molecule has 232 valence electrons. The standard InChI is InChI=1S/C45H30N2S2/c1-45(2)35-16-8-6-14-29(35)31-23-33-34-24-43-44(49-42-19-11-10-18-41(42)48-43)26-40(34)47(39(33)25-36(31)45)28-20-21-38-32(22-28)30-15-7-9-17-37(30)46(38)27-12-4-3-5-13-27/h3-26H,1-2H3. The first-order valence-electron chi connectivity index (χ1n) is 16.8. The van der Waals surface area contributed by atoms with E-state index in [1.807, 2.05) is 23.5 Å². The Morgan fingerprint density at radius 2 is 1.00 bits per heavy atom. The molecule has 0 N–H and O–H groups in total. The molecule has 4 heteroatoms. The van der Waals surface area contributed by atoms with Crippen LogP contribution in [0.25, 0.3) is 66.1 Å². The van der Waals surface area contributed by atoms with E-state index >= 15 is 0 Å². The Morgan fingerprint density at radius 3 is 1.84 bits per heavy atom. The van der Waals surface area contributed by atoms with Crippen LogP contribution in [-0.4, -0.2) is 9.13 Å². The molecule has 3 heterocycles. The summed E-state index contributed by atoms with van der Waals surface area (Å²) in [6, 6.07) is 54.2. The van der Waals surface area contributed by atoms with Crippen molar-refractivity contribution in [1.82, 2.24) is 9.13 Å². The molecule has 0 atom stereocenters. The molecule has 0 unspecified atom stereocenters. The predicted octanol–water partition coefficient (Wildman–Crippen LogP) is 12.8. The van der Waals surface area contributed by atoms with Gasteiger partial charge in [0.1, 0.15) is 0 Å². The monoisotopic (exact) mass is 662 g/mol. The Morgan fingerprint density at radius 1 is 0.388 bits per heavy atom. The van der Waals surface area contributed by atoms with Gasteiger partial charge in [0.05, 0.1) is 22.1 Å². The molecule has 1 aliphatic carbocycles. The van der Waals surface area contributed by atoms with E-state index in [0.717, 1.165) is 0 Å². The summed E-state index contributed by atoms with van der Waals surface area (Å²) >= 11 is 3.79. The van der Waals surface area contributed by atoms with Gasteiger partial charge in [0.2, 0.25) is 0 Å². The highest BCUT2D eigenvalue weighted by molar-refractivity contribution is 8.05. The topological polar surface area (TPSA) is 9.86 Å². The van der Waals surface area contributed by atoms with Gasteiger partial charge in [-0.15, -0.1) is 0 Å². The van der Waals surface area contributed by atoms with Crippen molar-refractivity contribution in [3.05, 3.63) is 157 Å². The van der Waals surface area contributed by atoms with Gasteiger partial charge in [0.15, 0.2) is 0 Å². The number of rotatable bonds is 2. The Kier molecular flexibility index (Phi) is 5.63. The van der Waals surface area contributed by atoms with Gasteiger partial charge in [-0.1, -0.05) is 110 Å². The zero-order valence-corrected chi connectivity index (χ0v) is 28.7. The summed E-state index contributed by atoms with van der Waals surface area (Å²) in [6.07, 6.45) is 0. The number of aromatic nitrogens is 2. The van der Waals surface area contributed by atoms with Gasteiger partial charge in [0, 0.05) is 57.9 Å². The maximum Gasteiger partial charge on any atom is 0.0553 e. The molecule has 0 saturated carbocycles. The van der Waals surface area contributed by atoms with Crippen molar-refractivity contribution in [2.45, 2.75) is 38.8 Å². The number of benzene rings is 7. The summed E-state index contributed by atoms with van der Waals surface area (Å²) in [7, 11) is 0. The van der Waals surface area contributed by atoms with E-state index in [1.54, 1.807) is 0 Å². The van der Waals surface area contributed by atoms with E-state index in [4.69, 9.17) is 0 Å².